The zero-order chi connectivity index (χ0) is 12.1. The van der Waals surface area contributed by atoms with Gasteiger partial charge in [-0.2, -0.15) is 0 Å². The average molecular weight is 256 g/mol. The van der Waals surface area contributed by atoms with Crippen molar-refractivity contribution in [3.63, 3.8) is 0 Å². The van der Waals surface area contributed by atoms with Gasteiger partial charge in [-0.15, -0.1) is 11.3 Å². The summed E-state index contributed by atoms with van der Waals surface area (Å²) in [5, 5.41) is 7.24. The molecule has 1 heterocycles. The van der Waals surface area contributed by atoms with Crippen molar-refractivity contribution >= 4 is 28.7 Å². The number of nitrogens with one attached hydrogen (secondary N) is 2. The van der Waals surface area contributed by atoms with Crippen molar-refractivity contribution in [1.82, 2.24) is 10.6 Å². The van der Waals surface area contributed by atoms with E-state index in [0.717, 1.165) is 18.1 Å². The summed E-state index contributed by atoms with van der Waals surface area (Å²) in [6, 6.07) is 2.52. The molecule has 1 aromatic heterocycles. The van der Waals surface area contributed by atoms with Crippen molar-refractivity contribution in [2.45, 2.75) is 40.2 Å². The van der Waals surface area contributed by atoms with Crippen molar-refractivity contribution < 1.29 is 0 Å². The van der Waals surface area contributed by atoms with E-state index in [-0.39, 0.29) is 6.04 Å². The maximum atomic E-state index is 5.23. The first-order valence-corrected chi connectivity index (χ1v) is 6.88. The summed E-state index contributed by atoms with van der Waals surface area (Å²) in [6.45, 7) is 9.51. The lowest BCUT2D eigenvalue weighted by Gasteiger charge is -2.16. The fraction of sp³-hybridized carbons (Fsp3) is 0.583. The molecule has 16 heavy (non-hydrogen) atoms. The number of thiocarbonyl (C=S) groups is 1. The maximum absolute atomic E-state index is 5.23. The van der Waals surface area contributed by atoms with E-state index >= 15 is 0 Å². The monoisotopic (exact) mass is 256 g/mol. The highest BCUT2D eigenvalue weighted by Gasteiger charge is 2.11. The molecule has 1 aromatic rings. The highest BCUT2D eigenvalue weighted by molar-refractivity contribution is 7.80. The molecule has 2 N–H and O–H groups in total. The normalized spacial score (nSPS) is 12.2. The molecule has 0 aliphatic carbocycles. The predicted octanol–water partition coefficient (Wildman–Crippen LogP) is 3.30. The minimum atomic E-state index is 0.279. The second kappa shape index (κ2) is 6.21. The van der Waals surface area contributed by atoms with Crippen molar-refractivity contribution in [3.05, 3.63) is 21.4 Å². The van der Waals surface area contributed by atoms with E-state index in [9.17, 15) is 0 Å². The van der Waals surface area contributed by atoms with Crippen LogP contribution in [-0.2, 0) is 0 Å². The van der Waals surface area contributed by atoms with Crippen molar-refractivity contribution in [1.29, 1.82) is 0 Å². The van der Waals surface area contributed by atoms with Crippen LogP contribution in [-0.4, -0.2) is 11.7 Å². The Morgan fingerprint density at radius 1 is 1.50 bits per heavy atom. The van der Waals surface area contributed by atoms with Crippen LogP contribution in [0.1, 0.15) is 41.6 Å². The van der Waals surface area contributed by atoms with Gasteiger partial charge in [0.15, 0.2) is 5.11 Å². The van der Waals surface area contributed by atoms with Crippen molar-refractivity contribution in [2.24, 2.45) is 0 Å². The van der Waals surface area contributed by atoms with E-state index in [1.807, 2.05) is 11.3 Å². The molecule has 0 saturated heterocycles. The van der Waals surface area contributed by atoms with Crippen LogP contribution in [0, 0.1) is 13.8 Å². The molecule has 0 aliphatic heterocycles. The summed E-state index contributed by atoms with van der Waals surface area (Å²) in [7, 11) is 0. The van der Waals surface area contributed by atoms with E-state index in [4.69, 9.17) is 12.2 Å². The van der Waals surface area contributed by atoms with Crippen LogP contribution in [0.25, 0.3) is 0 Å². The molecule has 2 nitrogen and oxygen atoms in total. The summed E-state index contributed by atoms with van der Waals surface area (Å²) >= 11 is 7.07. The lowest BCUT2D eigenvalue weighted by molar-refractivity contribution is 0.693. The van der Waals surface area contributed by atoms with Gasteiger partial charge < -0.3 is 10.6 Å². The van der Waals surface area contributed by atoms with Crippen LogP contribution < -0.4 is 10.6 Å². The third-order valence-electron chi connectivity index (χ3n) is 2.43. The summed E-state index contributed by atoms with van der Waals surface area (Å²) < 4.78 is 0. The molecule has 1 atom stereocenters. The van der Waals surface area contributed by atoms with Crippen LogP contribution in [0.3, 0.4) is 0 Å². The van der Waals surface area contributed by atoms with Gasteiger partial charge in [-0.25, -0.2) is 0 Å². The quantitative estimate of drug-likeness (QED) is 0.808. The summed E-state index contributed by atoms with van der Waals surface area (Å²) in [5.41, 5.74) is 1.35. The van der Waals surface area contributed by atoms with Gasteiger partial charge in [0.25, 0.3) is 0 Å². The minimum absolute atomic E-state index is 0.279. The van der Waals surface area contributed by atoms with E-state index in [1.54, 1.807) is 0 Å². The van der Waals surface area contributed by atoms with Crippen LogP contribution in [0.2, 0.25) is 0 Å². The topological polar surface area (TPSA) is 24.1 Å². The molecule has 4 heteroatoms. The molecule has 0 amide bonds. The smallest absolute Gasteiger partial charge is 0.166 e. The molecule has 90 valence electrons. The minimum Gasteiger partial charge on any atom is -0.363 e. The van der Waals surface area contributed by atoms with Gasteiger partial charge in [-0.3, -0.25) is 0 Å². The van der Waals surface area contributed by atoms with Crippen LogP contribution >= 0.6 is 23.6 Å². The van der Waals surface area contributed by atoms with Crippen LogP contribution in [0.15, 0.2) is 6.07 Å². The molecule has 1 unspecified atom stereocenters. The first-order valence-electron chi connectivity index (χ1n) is 5.66. The molecule has 0 fully saturated rings. The molecule has 0 bridgehead atoms. The first-order chi connectivity index (χ1) is 7.54. The molecular formula is C12H20N2S2. The van der Waals surface area contributed by atoms with E-state index in [1.165, 1.54) is 15.3 Å². The predicted molar refractivity (Wildman–Crippen MR) is 76.2 cm³/mol. The van der Waals surface area contributed by atoms with E-state index in [2.05, 4.69) is 44.4 Å². The Labute approximate surface area is 107 Å². The Morgan fingerprint density at radius 2 is 2.19 bits per heavy atom. The first kappa shape index (κ1) is 13.5. The van der Waals surface area contributed by atoms with Gasteiger partial charge in [-0.05, 0) is 51.0 Å². The Balaban J connectivity index is 2.55. The van der Waals surface area contributed by atoms with Crippen molar-refractivity contribution in [2.75, 3.05) is 6.54 Å². The lowest BCUT2D eigenvalue weighted by atomic mass is 10.1. The molecule has 0 aliphatic rings. The largest absolute Gasteiger partial charge is 0.363 e. The lowest BCUT2D eigenvalue weighted by Crippen LogP contribution is -2.37. The number of hydrogen-bond acceptors (Lipinski definition) is 2. The van der Waals surface area contributed by atoms with Crippen LogP contribution in [0.4, 0.5) is 0 Å². The fourth-order valence-electron chi connectivity index (χ4n) is 1.64. The standard InChI is InChI=1S/C12H20N2S2/c1-5-6-13-12(15)14-9(3)11-7-8(2)16-10(11)4/h7,9H,5-6H2,1-4H3,(H2,13,14,15). The number of hydrogen-bond donors (Lipinski definition) is 2. The number of aryl methyl sites for hydroxylation is 2. The zero-order valence-corrected chi connectivity index (χ0v) is 12.0. The fourth-order valence-corrected chi connectivity index (χ4v) is 2.95. The van der Waals surface area contributed by atoms with Crippen molar-refractivity contribution in [3.8, 4) is 0 Å². The molecule has 0 aromatic carbocycles. The summed E-state index contributed by atoms with van der Waals surface area (Å²) in [4.78, 5) is 2.73. The second-order valence-electron chi connectivity index (χ2n) is 3.99. The maximum Gasteiger partial charge on any atom is 0.166 e. The van der Waals surface area contributed by atoms with Gasteiger partial charge >= 0.3 is 0 Å². The molecule has 0 spiro atoms. The Morgan fingerprint density at radius 3 is 2.69 bits per heavy atom. The van der Waals surface area contributed by atoms with Gasteiger partial charge in [0.2, 0.25) is 0 Å². The molecule has 0 saturated carbocycles. The van der Waals surface area contributed by atoms with Gasteiger partial charge in [0.1, 0.15) is 0 Å². The summed E-state index contributed by atoms with van der Waals surface area (Å²) in [6.07, 6.45) is 1.09. The highest BCUT2D eigenvalue weighted by Crippen LogP contribution is 2.25. The SMILES string of the molecule is CCCNC(=S)NC(C)c1cc(C)sc1C. The van der Waals surface area contributed by atoms with Crippen LogP contribution in [0.5, 0.6) is 0 Å². The average Bonchev–Trinajstić information content (AvgIpc) is 2.54. The zero-order valence-electron chi connectivity index (χ0n) is 10.4. The Hall–Kier alpha value is -0.610. The van der Waals surface area contributed by atoms with E-state index < -0.39 is 0 Å². The van der Waals surface area contributed by atoms with E-state index in [0.29, 0.717) is 0 Å². The molecular weight excluding hydrogens is 236 g/mol. The molecule has 0 radical (unpaired) electrons. The van der Waals surface area contributed by atoms with Gasteiger partial charge in [-0.1, -0.05) is 6.92 Å². The Bertz CT molecular complexity index is 358. The number of thiophene rings is 1. The third-order valence-corrected chi connectivity index (χ3v) is 3.67. The third kappa shape index (κ3) is 3.76. The van der Waals surface area contributed by atoms with Gasteiger partial charge in [0.05, 0.1) is 6.04 Å². The Kier molecular flexibility index (Phi) is 5.22. The number of rotatable bonds is 4. The second-order valence-corrected chi connectivity index (χ2v) is 5.86. The van der Waals surface area contributed by atoms with Gasteiger partial charge in [0, 0.05) is 16.3 Å². The highest BCUT2D eigenvalue weighted by atomic mass is 32.1. The summed E-state index contributed by atoms with van der Waals surface area (Å²) in [5.74, 6) is 0. The molecule has 1 rings (SSSR count).